The van der Waals surface area contributed by atoms with Crippen molar-refractivity contribution in [2.45, 2.75) is 0 Å². The number of ether oxygens (including phenoxy) is 10. The SMILES string of the molecule is COc1cc(OC)cc(P(c2cc(OC)cc(OC)c2)c2cccc(OC)c2-c2c(OC)cccc2P(c2cc(OC)cc(OC)c2)c2cc(OC)cc(OC)c2)c1. The molecule has 0 bridgehead atoms. The first-order chi connectivity index (χ1) is 28.3. The Labute approximate surface area is 343 Å². The van der Waals surface area contributed by atoms with Crippen molar-refractivity contribution in [3.63, 3.8) is 0 Å². The number of methoxy groups -OCH3 is 10. The fourth-order valence-corrected chi connectivity index (χ4v) is 11.9. The van der Waals surface area contributed by atoms with Crippen LogP contribution in [0.5, 0.6) is 57.5 Å². The van der Waals surface area contributed by atoms with E-state index in [2.05, 4.69) is 12.1 Å². The zero-order valence-electron chi connectivity index (χ0n) is 34.4. The van der Waals surface area contributed by atoms with Crippen molar-refractivity contribution in [2.75, 3.05) is 71.1 Å². The smallest absolute Gasteiger partial charge is 0.127 e. The molecule has 0 aliphatic heterocycles. The van der Waals surface area contributed by atoms with E-state index in [4.69, 9.17) is 47.4 Å². The topological polar surface area (TPSA) is 92.3 Å². The minimum Gasteiger partial charge on any atom is -0.497 e. The molecule has 0 saturated carbocycles. The minimum absolute atomic E-state index is 0.654. The molecule has 6 rings (SSSR count). The molecule has 0 saturated heterocycles. The van der Waals surface area contributed by atoms with Gasteiger partial charge in [0.05, 0.1) is 71.1 Å². The summed E-state index contributed by atoms with van der Waals surface area (Å²) in [6, 6.07) is 36.1. The highest BCUT2D eigenvalue weighted by Crippen LogP contribution is 2.49. The summed E-state index contributed by atoms with van der Waals surface area (Å²) in [5.41, 5.74) is 1.70. The van der Waals surface area contributed by atoms with Crippen LogP contribution in [0.1, 0.15) is 0 Å². The number of hydrogen-bond acceptors (Lipinski definition) is 10. The average molecular weight is 823 g/mol. The Kier molecular flexibility index (Phi) is 13.8. The fraction of sp³-hybridized carbons (Fsp3) is 0.217. The van der Waals surface area contributed by atoms with Crippen molar-refractivity contribution < 1.29 is 47.4 Å². The van der Waals surface area contributed by atoms with Crippen LogP contribution in [0.25, 0.3) is 11.1 Å². The lowest BCUT2D eigenvalue weighted by Gasteiger charge is -2.29. The highest BCUT2D eigenvalue weighted by molar-refractivity contribution is 7.80. The van der Waals surface area contributed by atoms with Gasteiger partial charge >= 0.3 is 0 Å². The second kappa shape index (κ2) is 19.1. The largest absolute Gasteiger partial charge is 0.497 e. The van der Waals surface area contributed by atoms with E-state index < -0.39 is 15.8 Å². The van der Waals surface area contributed by atoms with Gasteiger partial charge in [-0.2, -0.15) is 0 Å². The molecule has 0 aliphatic carbocycles. The zero-order valence-corrected chi connectivity index (χ0v) is 36.2. The van der Waals surface area contributed by atoms with E-state index in [9.17, 15) is 0 Å². The van der Waals surface area contributed by atoms with E-state index >= 15 is 0 Å². The third-order valence-electron chi connectivity index (χ3n) is 9.56. The third kappa shape index (κ3) is 8.69. The summed E-state index contributed by atoms with van der Waals surface area (Å²) in [7, 11) is 13.7. The summed E-state index contributed by atoms with van der Waals surface area (Å²) in [5.74, 6) is 6.54. The molecule has 6 aromatic rings. The predicted molar refractivity (Wildman–Crippen MR) is 235 cm³/mol. The highest BCUT2D eigenvalue weighted by Gasteiger charge is 2.31. The van der Waals surface area contributed by atoms with Crippen molar-refractivity contribution in [1.29, 1.82) is 0 Å². The number of hydrogen-bond donors (Lipinski definition) is 0. The third-order valence-corrected chi connectivity index (χ3v) is 14.4. The molecule has 0 fully saturated rings. The molecular weight excluding hydrogens is 774 g/mol. The van der Waals surface area contributed by atoms with Crippen LogP contribution < -0.4 is 79.2 Å². The molecule has 0 aliphatic rings. The standard InChI is InChI=1S/C46H48O10P2/c1-47-29-17-30(48-2)22-37(21-29)57(38-23-31(49-3)18-32(24-38)50-4)43-15-11-13-41(55-9)45(43)46-42(56-10)14-12-16-44(46)58(39-25-33(51-5)19-34(26-39)52-6)40-27-35(53-7)20-36(28-40)54-8/h11-28H,1-10H3. The van der Waals surface area contributed by atoms with Gasteiger partial charge in [-0.05, 0) is 108 Å². The van der Waals surface area contributed by atoms with Crippen LogP contribution >= 0.6 is 15.8 Å². The first kappa shape index (κ1) is 41.8. The highest BCUT2D eigenvalue weighted by atomic mass is 31.1. The normalized spacial score (nSPS) is 10.9. The maximum Gasteiger partial charge on any atom is 0.127 e. The second-order valence-corrected chi connectivity index (χ2v) is 17.0. The summed E-state index contributed by atoms with van der Waals surface area (Å²) in [4.78, 5) is 0. The van der Waals surface area contributed by atoms with Crippen molar-refractivity contribution in [3.8, 4) is 68.6 Å². The average Bonchev–Trinajstić information content (AvgIpc) is 3.28. The van der Waals surface area contributed by atoms with Crippen LogP contribution in [0.4, 0.5) is 0 Å². The molecule has 12 heteroatoms. The van der Waals surface area contributed by atoms with Gasteiger partial charge in [-0.3, -0.25) is 0 Å². The molecule has 0 heterocycles. The Morgan fingerprint density at radius 3 is 0.690 bits per heavy atom. The van der Waals surface area contributed by atoms with Gasteiger partial charge in [-0.1, -0.05) is 24.3 Å². The predicted octanol–water partition coefficient (Wildman–Crippen LogP) is 6.96. The molecule has 58 heavy (non-hydrogen) atoms. The van der Waals surface area contributed by atoms with E-state index in [1.807, 2.05) is 97.1 Å². The van der Waals surface area contributed by atoms with Crippen molar-refractivity contribution in [1.82, 2.24) is 0 Å². The quantitative estimate of drug-likeness (QED) is 0.0901. The molecule has 0 amide bonds. The minimum atomic E-state index is -1.42. The van der Waals surface area contributed by atoms with E-state index in [1.165, 1.54) is 0 Å². The fourth-order valence-electron chi connectivity index (χ4n) is 6.80. The molecule has 6 aromatic carbocycles. The lowest BCUT2D eigenvalue weighted by Crippen LogP contribution is -2.27. The van der Waals surface area contributed by atoms with E-state index in [0.29, 0.717) is 57.5 Å². The Hall–Kier alpha value is -5.82. The lowest BCUT2D eigenvalue weighted by atomic mass is 10.0. The maximum atomic E-state index is 6.32. The number of rotatable bonds is 17. The molecular formula is C46H48O10P2. The summed E-state index contributed by atoms with van der Waals surface area (Å²) < 4.78 is 59.3. The molecule has 0 unspecified atom stereocenters. The summed E-state index contributed by atoms with van der Waals surface area (Å²) in [5, 5.41) is 5.81. The van der Waals surface area contributed by atoms with Gasteiger partial charge in [0.15, 0.2) is 0 Å². The Bertz CT molecular complexity index is 2000. The van der Waals surface area contributed by atoms with Crippen LogP contribution in [0.3, 0.4) is 0 Å². The number of benzene rings is 6. The first-order valence-corrected chi connectivity index (χ1v) is 20.8. The summed E-state index contributed by atoms with van der Waals surface area (Å²) in [6.45, 7) is 0. The maximum absolute atomic E-state index is 6.32. The first-order valence-electron chi connectivity index (χ1n) is 18.1. The van der Waals surface area contributed by atoms with E-state index in [0.717, 1.165) is 43.0 Å². The van der Waals surface area contributed by atoms with Gasteiger partial charge in [0.25, 0.3) is 0 Å². The molecule has 0 spiro atoms. The molecule has 0 radical (unpaired) electrons. The van der Waals surface area contributed by atoms with Crippen LogP contribution in [-0.4, -0.2) is 71.1 Å². The van der Waals surface area contributed by atoms with Crippen LogP contribution in [0.15, 0.2) is 109 Å². The van der Waals surface area contributed by atoms with Gasteiger partial charge in [-0.15, -0.1) is 0 Å². The Morgan fingerprint density at radius 1 is 0.276 bits per heavy atom. The molecule has 0 N–H and O–H groups in total. The monoisotopic (exact) mass is 822 g/mol. The van der Waals surface area contributed by atoms with Gasteiger partial charge in [0, 0.05) is 35.4 Å². The second-order valence-electron chi connectivity index (χ2n) is 12.7. The Morgan fingerprint density at radius 2 is 0.500 bits per heavy atom. The zero-order chi connectivity index (χ0) is 41.3. The van der Waals surface area contributed by atoms with E-state index in [-0.39, 0.29) is 0 Å². The summed E-state index contributed by atoms with van der Waals surface area (Å²) >= 11 is 0. The molecule has 10 nitrogen and oxygen atoms in total. The summed E-state index contributed by atoms with van der Waals surface area (Å²) in [6.07, 6.45) is 0. The van der Waals surface area contributed by atoms with Crippen LogP contribution in [0.2, 0.25) is 0 Å². The van der Waals surface area contributed by atoms with Gasteiger partial charge in [0.1, 0.15) is 57.5 Å². The van der Waals surface area contributed by atoms with Gasteiger partial charge in [0.2, 0.25) is 0 Å². The van der Waals surface area contributed by atoms with Gasteiger partial charge < -0.3 is 47.4 Å². The molecule has 302 valence electrons. The Balaban J connectivity index is 1.78. The van der Waals surface area contributed by atoms with Crippen molar-refractivity contribution in [2.24, 2.45) is 0 Å². The van der Waals surface area contributed by atoms with Crippen molar-refractivity contribution in [3.05, 3.63) is 109 Å². The lowest BCUT2D eigenvalue weighted by molar-refractivity contribution is 0.394. The molecule has 0 aromatic heterocycles. The van der Waals surface area contributed by atoms with Gasteiger partial charge in [-0.25, -0.2) is 0 Å². The van der Waals surface area contributed by atoms with E-state index in [1.54, 1.807) is 71.1 Å². The van der Waals surface area contributed by atoms with Crippen LogP contribution in [-0.2, 0) is 0 Å². The molecule has 0 atom stereocenters. The van der Waals surface area contributed by atoms with Crippen LogP contribution in [0, 0.1) is 0 Å². The van der Waals surface area contributed by atoms with Crippen molar-refractivity contribution >= 4 is 47.7 Å².